The van der Waals surface area contributed by atoms with Crippen LogP contribution in [0.4, 0.5) is 0 Å². The number of piperidine rings is 1. The van der Waals surface area contributed by atoms with Crippen molar-refractivity contribution in [1.82, 2.24) is 9.80 Å². The van der Waals surface area contributed by atoms with Gasteiger partial charge in [-0.1, -0.05) is 24.3 Å². The summed E-state index contributed by atoms with van der Waals surface area (Å²) in [6.07, 6.45) is 2.41. The van der Waals surface area contributed by atoms with E-state index in [0.717, 1.165) is 36.9 Å². The van der Waals surface area contributed by atoms with Crippen molar-refractivity contribution in [3.8, 4) is 0 Å². The van der Waals surface area contributed by atoms with E-state index in [9.17, 15) is 9.59 Å². The monoisotopic (exact) mass is 450 g/mol. The molecule has 4 heterocycles. The Hall–Kier alpha value is -2.44. The molecule has 0 bridgehead atoms. The molecule has 0 saturated carbocycles. The standard InChI is InChI=1S/C25H26N2O2S2/c1-17-5-2-3-6-19(17)25(29)26-12-8-18(9-13-26)24(28)27-14-10-21-20(11-16-31-21)23(27)22-7-4-15-30-22/h2-7,11,15-16,18,23H,8-10,12-14H2,1H3. The van der Waals surface area contributed by atoms with Gasteiger partial charge in [0.05, 0.1) is 6.04 Å². The zero-order valence-corrected chi connectivity index (χ0v) is 19.3. The van der Waals surface area contributed by atoms with Crippen molar-refractivity contribution in [2.75, 3.05) is 19.6 Å². The summed E-state index contributed by atoms with van der Waals surface area (Å²) < 4.78 is 0. The Bertz CT molecular complexity index is 1080. The number of rotatable bonds is 3. The predicted octanol–water partition coefficient (Wildman–Crippen LogP) is 5.14. The SMILES string of the molecule is Cc1ccccc1C(=O)N1CCC(C(=O)N2CCc3sccc3C2c2cccs2)CC1. The number of carbonyl (C=O) groups excluding carboxylic acids is 2. The van der Waals surface area contributed by atoms with Crippen LogP contribution in [-0.2, 0) is 11.2 Å². The van der Waals surface area contributed by atoms with Gasteiger partial charge >= 0.3 is 0 Å². The van der Waals surface area contributed by atoms with Crippen molar-refractivity contribution in [2.45, 2.75) is 32.2 Å². The van der Waals surface area contributed by atoms with Gasteiger partial charge in [-0.15, -0.1) is 22.7 Å². The normalized spacial score (nSPS) is 19.3. The van der Waals surface area contributed by atoms with Crippen molar-refractivity contribution >= 4 is 34.5 Å². The highest BCUT2D eigenvalue weighted by Gasteiger charge is 2.38. The van der Waals surface area contributed by atoms with E-state index in [2.05, 4.69) is 33.9 Å². The average molecular weight is 451 g/mol. The minimum Gasteiger partial charge on any atom is -0.339 e. The van der Waals surface area contributed by atoms with E-state index in [-0.39, 0.29) is 23.8 Å². The van der Waals surface area contributed by atoms with Gasteiger partial charge in [-0.3, -0.25) is 9.59 Å². The van der Waals surface area contributed by atoms with E-state index in [4.69, 9.17) is 0 Å². The number of thiophene rings is 2. The van der Waals surface area contributed by atoms with Crippen LogP contribution in [0, 0.1) is 12.8 Å². The van der Waals surface area contributed by atoms with E-state index < -0.39 is 0 Å². The number of benzene rings is 1. The van der Waals surface area contributed by atoms with E-state index in [1.165, 1.54) is 15.3 Å². The molecule has 0 spiro atoms. The number of amides is 2. The molecule has 2 aliphatic rings. The zero-order chi connectivity index (χ0) is 21.4. The molecule has 3 aromatic rings. The Kier molecular flexibility index (Phi) is 5.67. The maximum atomic E-state index is 13.6. The van der Waals surface area contributed by atoms with Crippen LogP contribution >= 0.6 is 22.7 Å². The average Bonchev–Trinajstić information content (AvgIpc) is 3.50. The molecule has 4 nitrogen and oxygen atoms in total. The Morgan fingerprint density at radius 3 is 2.48 bits per heavy atom. The molecule has 2 amide bonds. The topological polar surface area (TPSA) is 40.6 Å². The predicted molar refractivity (Wildman–Crippen MR) is 126 cm³/mol. The summed E-state index contributed by atoms with van der Waals surface area (Å²) in [5.74, 6) is 0.322. The summed E-state index contributed by atoms with van der Waals surface area (Å²) in [7, 11) is 0. The number of likely N-dealkylation sites (tertiary alicyclic amines) is 1. The van der Waals surface area contributed by atoms with Gasteiger partial charge in [0.15, 0.2) is 0 Å². The van der Waals surface area contributed by atoms with Crippen molar-refractivity contribution in [2.24, 2.45) is 5.92 Å². The largest absolute Gasteiger partial charge is 0.339 e. The number of aryl methyl sites for hydroxylation is 1. The van der Waals surface area contributed by atoms with Gasteiger partial charge in [0.25, 0.3) is 5.91 Å². The smallest absolute Gasteiger partial charge is 0.254 e. The van der Waals surface area contributed by atoms with E-state index in [1.54, 1.807) is 22.7 Å². The second-order valence-corrected chi connectivity index (χ2v) is 10.4. The molecule has 1 saturated heterocycles. The van der Waals surface area contributed by atoms with E-state index >= 15 is 0 Å². The Labute approximate surface area is 191 Å². The fraction of sp³-hybridized carbons (Fsp3) is 0.360. The molecule has 1 aromatic carbocycles. The van der Waals surface area contributed by atoms with Crippen LogP contribution < -0.4 is 0 Å². The van der Waals surface area contributed by atoms with E-state index in [0.29, 0.717) is 13.1 Å². The lowest BCUT2D eigenvalue weighted by atomic mass is 9.91. The van der Waals surface area contributed by atoms with Crippen LogP contribution in [-0.4, -0.2) is 41.2 Å². The van der Waals surface area contributed by atoms with Crippen LogP contribution in [0.2, 0.25) is 0 Å². The zero-order valence-electron chi connectivity index (χ0n) is 17.6. The molecule has 1 unspecified atom stereocenters. The van der Waals surface area contributed by atoms with Gasteiger partial charge in [0.2, 0.25) is 5.91 Å². The third kappa shape index (κ3) is 3.83. The molecular formula is C25H26N2O2S2. The first kappa shape index (κ1) is 20.5. The molecule has 1 fully saturated rings. The minimum atomic E-state index is -0.0106. The molecular weight excluding hydrogens is 424 g/mol. The number of carbonyl (C=O) groups is 2. The summed E-state index contributed by atoms with van der Waals surface area (Å²) in [6.45, 7) is 4.04. The number of hydrogen-bond donors (Lipinski definition) is 0. The quantitative estimate of drug-likeness (QED) is 0.554. The first-order chi connectivity index (χ1) is 15.1. The van der Waals surface area contributed by atoms with Crippen molar-refractivity contribution in [3.63, 3.8) is 0 Å². The first-order valence-electron chi connectivity index (χ1n) is 10.9. The van der Waals surface area contributed by atoms with Gasteiger partial charge in [0, 0.05) is 40.9 Å². The molecule has 0 aliphatic carbocycles. The fourth-order valence-corrected chi connectivity index (χ4v) is 6.61. The highest BCUT2D eigenvalue weighted by molar-refractivity contribution is 7.10. The second kappa shape index (κ2) is 8.60. The lowest BCUT2D eigenvalue weighted by Crippen LogP contribution is -2.47. The van der Waals surface area contributed by atoms with E-state index in [1.807, 2.05) is 36.1 Å². The van der Waals surface area contributed by atoms with Gasteiger partial charge in [-0.05, 0) is 66.3 Å². The molecule has 0 radical (unpaired) electrons. The summed E-state index contributed by atoms with van der Waals surface area (Å²) >= 11 is 3.53. The van der Waals surface area contributed by atoms with Crippen LogP contribution in [0.15, 0.2) is 53.2 Å². The van der Waals surface area contributed by atoms with Crippen molar-refractivity contribution in [3.05, 3.63) is 79.7 Å². The van der Waals surface area contributed by atoms with Gasteiger partial charge in [0.1, 0.15) is 0 Å². The third-order valence-corrected chi connectivity index (χ3v) is 8.49. The second-order valence-electron chi connectivity index (χ2n) is 8.38. The number of fused-ring (bicyclic) bond motifs is 1. The van der Waals surface area contributed by atoms with Crippen molar-refractivity contribution in [1.29, 1.82) is 0 Å². The Morgan fingerprint density at radius 1 is 0.935 bits per heavy atom. The maximum Gasteiger partial charge on any atom is 0.254 e. The third-order valence-electron chi connectivity index (χ3n) is 6.57. The lowest BCUT2D eigenvalue weighted by molar-refractivity contribution is -0.139. The first-order valence-corrected chi connectivity index (χ1v) is 12.6. The summed E-state index contributed by atoms with van der Waals surface area (Å²) in [5, 5.41) is 4.24. The fourth-order valence-electron chi connectivity index (χ4n) is 4.85. The number of hydrogen-bond acceptors (Lipinski definition) is 4. The van der Waals surface area contributed by atoms with Crippen molar-refractivity contribution < 1.29 is 9.59 Å². The molecule has 160 valence electrons. The molecule has 31 heavy (non-hydrogen) atoms. The van der Waals surface area contributed by atoms with Gasteiger partial charge in [-0.25, -0.2) is 0 Å². The molecule has 5 rings (SSSR count). The Morgan fingerprint density at radius 2 is 1.74 bits per heavy atom. The molecule has 6 heteroatoms. The highest BCUT2D eigenvalue weighted by Crippen LogP contribution is 2.40. The van der Waals surface area contributed by atoms with Crippen LogP contribution in [0.5, 0.6) is 0 Å². The molecule has 2 aliphatic heterocycles. The molecule has 1 atom stereocenters. The summed E-state index contributed by atoms with van der Waals surface area (Å²) in [5.41, 5.74) is 3.06. The summed E-state index contributed by atoms with van der Waals surface area (Å²) in [6, 6.07) is 14.2. The summed E-state index contributed by atoms with van der Waals surface area (Å²) in [4.78, 5) is 33.2. The van der Waals surface area contributed by atoms with Gasteiger partial charge < -0.3 is 9.80 Å². The minimum absolute atomic E-state index is 0.0106. The Balaban J connectivity index is 1.30. The molecule has 2 aromatic heterocycles. The van der Waals surface area contributed by atoms with Gasteiger partial charge in [-0.2, -0.15) is 0 Å². The van der Waals surface area contributed by atoms with Crippen LogP contribution in [0.25, 0.3) is 0 Å². The molecule has 0 N–H and O–H groups in total. The maximum absolute atomic E-state index is 13.6. The number of nitrogens with zero attached hydrogens (tertiary/aromatic N) is 2. The highest BCUT2D eigenvalue weighted by atomic mass is 32.1. The van der Waals surface area contributed by atoms with Crippen LogP contribution in [0.1, 0.15) is 50.1 Å². The lowest BCUT2D eigenvalue weighted by Gasteiger charge is -2.40. The van der Waals surface area contributed by atoms with Crippen LogP contribution in [0.3, 0.4) is 0 Å².